The van der Waals surface area contributed by atoms with Crippen LogP contribution < -0.4 is 4.73 Å². The number of ether oxygens (including phenoxy) is 1. The summed E-state index contributed by atoms with van der Waals surface area (Å²) in [7, 11) is 0. The normalized spacial score (nSPS) is 17.5. The van der Waals surface area contributed by atoms with Crippen LogP contribution in [0.2, 0.25) is 0 Å². The molecule has 0 unspecified atom stereocenters. The molecule has 0 spiro atoms. The average molecular weight is 330 g/mol. The smallest absolute Gasteiger partial charge is 0.361 e. The molecule has 0 aliphatic carbocycles. The van der Waals surface area contributed by atoms with Crippen molar-refractivity contribution in [3.63, 3.8) is 0 Å². The molecule has 3 rings (SSSR count). The second-order valence-corrected chi connectivity index (χ2v) is 6.90. The van der Waals surface area contributed by atoms with Gasteiger partial charge in [-0.15, -0.1) is 0 Å². The Morgan fingerprint density at radius 2 is 1.83 bits per heavy atom. The summed E-state index contributed by atoms with van der Waals surface area (Å²) in [6.45, 7) is 8.87. The van der Waals surface area contributed by atoms with E-state index in [0.717, 1.165) is 0 Å². The van der Waals surface area contributed by atoms with Gasteiger partial charge in [0, 0.05) is 11.6 Å². The number of nitrogens with zero attached hydrogens (tertiary/aromatic N) is 4. The number of hydrogen-bond acceptors (Lipinski definition) is 6. The molecule has 0 radical (unpaired) electrons. The summed E-state index contributed by atoms with van der Waals surface area (Å²) in [6.07, 6.45) is 0. The number of fused-ring (bicyclic) bond motifs is 1. The molecule has 126 valence electrons. The second-order valence-electron chi connectivity index (χ2n) is 6.90. The summed E-state index contributed by atoms with van der Waals surface area (Å²) in [5, 5.41) is 32.2. The molecule has 1 aliphatic rings. The summed E-state index contributed by atoms with van der Waals surface area (Å²) < 4.78 is 6.60. The molecule has 0 atom stereocenters. The lowest BCUT2D eigenvalue weighted by Crippen LogP contribution is -2.42. The molecule has 0 saturated carbocycles. The first-order chi connectivity index (χ1) is 11.0. The number of hydrogen-bond donors (Lipinski definition) is 0. The van der Waals surface area contributed by atoms with Crippen molar-refractivity contribution in [2.24, 2.45) is 0 Å². The van der Waals surface area contributed by atoms with Crippen LogP contribution in [0.15, 0.2) is 18.2 Å². The molecule has 1 aliphatic heterocycles. The average Bonchev–Trinajstić information content (AvgIpc) is 2.65. The van der Waals surface area contributed by atoms with Crippen LogP contribution in [0.1, 0.15) is 44.6 Å². The maximum absolute atomic E-state index is 12.9. The first-order valence-electron chi connectivity index (χ1n) is 7.51. The number of aryl methyl sites for hydroxylation is 1. The van der Waals surface area contributed by atoms with Crippen molar-refractivity contribution in [2.45, 2.75) is 45.8 Å². The molecule has 0 amide bonds. The molecule has 1 aromatic heterocycles. The van der Waals surface area contributed by atoms with Crippen LogP contribution in [0, 0.1) is 22.2 Å². The maximum atomic E-state index is 12.9. The quantitative estimate of drug-likeness (QED) is 0.362. The van der Waals surface area contributed by atoms with E-state index in [1.165, 1.54) is 6.07 Å². The fraction of sp³-hybridized carbons (Fsp3) is 0.438. The molecule has 2 heterocycles. The highest BCUT2D eigenvalue weighted by molar-refractivity contribution is 5.59. The Labute approximate surface area is 138 Å². The van der Waals surface area contributed by atoms with Gasteiger partial charge in [0.25, 0.3) is 5.69 Å². The number of benzene rings is 1. The standard InChI is InChI=1S/C16H18N4O4/c1-9-6-7-10(8-11(9)20(22)23)14-18-17-12-13(19(14)21)16(4,5)24-15(12,2)3/h6-8H,1-5H3. The van der Waals surface area contributed by atoms with E-state index in [1.54, 1.807) is 32.9 Å². The van der Waals surface area contributed by atoms with Crippen molar-refractivity contribution in [3.05, 3.63) is 50.5 Å². The molecule has 2 aromatic rings. The van der Waals surface area contributed by atoms with Gasteiger partial charge >= 0.3 is 5.82 Å². The number of nitro benzene ring substituents is 1. The molecule has 1 aromatic carbocycles. The molecular weight excluding hydrogens is 312 g/mol. The fourth-order valence-electron chi connectivity index (χ4n) is 3.18. The maximum Gasteiger partial charge on any atom is 0.361 e. The Morgan fingerprint density at radius 1 is 1.17 bits per heavy atom. The Morgan fingerprint density at radius 3 is 2.46 bits per heavy atom. The second kappa shape index (κ2) is 4.94. The third-order valence-electron chi connectivity index (χ3n) is 4.18. The summed E-state index contributed by atoms with van der Waals surface area (Å²) in [4.78, 5) is 10.6. The third-order valence-corrected chi connectivity index (χ3v) is 4.18. The highest BCUT2D eigenvalue weighted by Crippen LogP contribution is 2.43. The van der Waals surface area contributed by atoms with Crippen LogP contribution in [0.4, 0.5) is 5.69 Å². The van der Waals surface area contributed by atoms with E-state index >= 15 is 0 Å². The lowest BCUT2D eigenvalue weighted by atomic mass is 10.0. The van der Waals surface area contributed by atoms with Crippen molar-refractivity contribution in [2.75, 3.05) is 0 Å². The van der Waals surface area contributed by atoms with Gasteiger partial charge in [-0.3, -0.25) is 10.1 Å². The van der Waals surface area contributed by atoms with Gasteiger partial charge in [-0.2, -0.15) is 0 Å². The van der Waals surface area contributed by atoms with Crippen LogP contribution in [0.25, 0.3) is 11.4 Å². The minimum atomic E-state index is -0.831. The number of rotatable bonds is 2. The number of nitro groups is 1. The largest absolute Gasteiger partial charge is 0.710 e. The van der Waals surface area contributed by atoms with E-state index in [0.29, 0.717) is 27.2 Å². The minimum Gasteiger partial charge on any atom is -0.710 e. The van der Waals surface area contributed by atoms with Gasteiger partial charge in [0.15, 0.2) is 11.4 Å². The van der Waals surface area contributed by atoms with Gasteiger partial charge in [-0.05, 0) is 45.8 Å². The Kier molecular flexibility index (Phi) is 3.35. The van der Waals surface area contributed by atoms with Crippen molar-refractivity contribution in [3.8, 4) is 11.4 Å². The van der Waals surface area contributed by atoms with E-state index in [9.17, 15) is 15.3 Å². The van der Waals surface area contributed by atoms with Crippen molar-refractivity contribution in [1.29, 1.82) is 0 Å². The molecule has 8 heteroatoms. The predicted octanol–water partition coefficient (Wildman–Crippen LogP) is 2.49. The van der Waals surface area contributed by atoms with Crippen LogP contribution in [0.5, 0.6) is 0 Å². The topological polar surface area (TPSA) is 105 Å². The lowest BCUT2D eigenvalue weighted by Gasteiger charge is -2.23. The van der Waals surface area contributed by atoms with E-state index in [1.807, 2.05) is 13.8 Å². The molecule has 0 saturated heterocycles. The summed E-state index contributed by atoms with van der Waals surface area (Å²) >= 11 is 0. The van der Waals surface area contributed by atoms with Crippen molar-refractivity contribution in [1.82, 2.24) is 10.2 Å². The molecular formula is C16H18N4O4. The zero-order valence-corrected chi connectivity index (χ0v) is 14.2. The summed E-state index contributed by atoms with van der Waals surface area (Å²) in [6, 6.07) is 4.56. The summed E-state index contributed by atoms with van der Waals surface area (Å²) in [5.74, 6) is 0.0197. The van der Waals surface area contributed by atoms with Gasteiger partial charge in [-0.1, -0.05) is 6.07 Å². The molecule has 0 N–H and O–H groups in total. The van der Waals surface area contributed by atoms with E-state index in [2.05, 4.69) is 10.2 Å². The van der Waals surface area contributed by atoms with Gasteiger partial charge in [0.1, 0.15) is 11.2 Å². The van der Waals surface area contributed by atoms with Gasteiger partial charge in [-0.25, -0.2) is 4.73 Å². The summed E-state index contributed by atoms with van der Waals surface area (Å²) in [5.41, 5.74) is 0.0926. The zero-order valence-electron chi connectivity index (χ0n) is 14.2. The van der Waals surface area contributed by atoms with Crippen LogP contribution in [0.3, 0.4) is 0 Å². The zero-order chi connectivity index (χ0) is 17.9. The van der Waals surface area contributed by atoms with Crippen LogP contribution in [-0.4, -0.2) is 15.1 Å². The van der Waals surface area contributed by atoms with Crippen molar-refractivity contribution < 1.29 is 14.4 Å². The van der Waals surface area contributed by atoms with E-state index in [-0.39, 0.29) is 11.5 Å². The Bertz CT molecular complexity index is 861. The van der Waals surface area contributed by atoms with E-state index < -0.39 is 16.1 Å². The van der Waals surface area contributed by atoms with Crippen LogP contribution in [-0.2, 0) is 15.9 Å². The minimum absolute atomic E-state index is 0.0197. The Hall–Kier alpha value is -2.61. The lowest BCUT2D eigenvalue weighted by molar-refractivity contribution is -0.612. The highest BCUT2D eigenvalue weighted by atomic mass is 16.6. The fourth-order valence-corrected chi connectivity index (χ4v) is 3.18. The van der Waals surface area contributed by atoms with Gasteiger partial charge in [0.2, 0.25) is 0 Å². The SMILES string of the molecule is Cc1ccc(-c2nnc3c([n+]2[O-])C(C)(C)OC3(C)C)cc1[N+](=O)[O-]. The Balaban J connectivity index is 2.23. The van der Waals surface area contributed by atoms with Crippen LogP contribution >= 0.6 is 0 Å². The monoisotopic (exact) mass is 330 g/mol. The highest BCUT2D eigenvalue weighted by Gasteiger charge is 2.50. The number of aromatic nitrogens is 3. The van der Waals surface area contributed by atoms with Gasteiger partial charge in [0.05, 0.1) is 15.6 Å². The molecule has 24 heavy (non-hydrogen) atoms. The third kappa shape index (κ3) is 2.30. The molecule has 8 nitrogen and oxygen atoms in total. The first-order valence-corrected chi connectivity index (χ1v) is 7.51. The van der Waals surface area contributed by atoms with E-state index in [4.69, 9.17) is 4.74 Å². The van der Waals surface area contributed by atoms with Crippen molar-refractivity contribution >= 4 is 5.69 Å². The first kappa shape index (κ1) is 16.3. The van der Waals surface area contributed by atoms with Gasteiger partial charge < -0.3 is 9.94 Å². The predicted molar refractivity (Wildman–Crippen MR) is 85.0 cm³/mol. The molecule has 0 fully saturated rings. The molecule has 0 bridgehead atoms.